The second-order valence-electron chi connectivity index (χ2n) is 8.32. The molecule has 0 bridgehead atoms. The van der Waals surface area contributed by atoms with Crippen molar-refractivity contribution in [2.24, 2.45) is 0 Å². The number of benzene rings is 4. The van der Waals surface area contributed by atoms with Gasteiger partial charge in [-0.25, -0.2) is 4.79 Å². The van der Waals surface area contributed by atoms with Gasteiger partial charge in [0, 0.05) is 5.56 Å². The Morgan fingerprint density at radius 1 is 0.909 bits per heavy atom. The van der Waals surface area contributed by atoms with Gasteiger partial charge in [-0.3, -0.25) is 14.5 Å². The van der Waals surface area contributed by atoms with Crippen molar-refractivity contribution in [2.45, 2.75) is 12.5 Å². The van der Waals surface area contributed by atoms with Gasteiger partial charge in [-0.1, -0.05) is 60.7 Å². The van der Waals surface area contributed by atoms with Crippen LogP contribution in [0.3, 0.4) is 0 Å². The number of rotatable bonds is 5. The fourth-order valence-electron chi connectivity index (χ4n) is 4.40. The molecular weight excluding hydrogens is 416 g/mol. The fraction of sp³-hybridized carbons (Fsp3) is 0.148. The summed E-state index contributed by atoms with van der Waals surface area (Å²) in [6.45, 7) is 1.35. The van der Waals surface area contributed by atoms with Crippen LogP contribution in [0.15, 0.2) is 78.9 Å². The zero-order valence-electron chi connectivity index (χ0n) is 18.3. The number of Topliss-reactive ketones (excluding diaryl/α,β-unsaturated/α-hetero) is 1. The molecule has 4 aromatic rings. The first-order valence-electron chi connectivity index (χ1n) is 10.6. The molecule has 3 amide bonds. The number of carbonyl (C=O) groups excluding carboxylic acids is 3. The molecule has 1 fully saturated rings. The van der Waals surface area contributed by atoms with E-state index in [0.29, 0.717) is 11.1 Å². The molecule has 0 radical (unpaired) electrons. The Hall–Kier alpha value is -4.19. The number of hydrogen-bond donors (Lipinski definition) is 1. The number of nitrogens with zero attached hydrogens (tertiary/aromatic N) is 1. The standard InChI is InChI=1S/C27H22N2O4/c1-27(20-12-10-19-15-21(33-2)13-11-18(19)14-20)25(31)29(26(32)28-27)16-24(30)23-9-5-7-17-6-3-4-8-22(17)23/h3-15H,16H2,1-2H3,(H,28,32)/t27-/m1/s1. The number of carbonyl (C=O) groups is 3. The van der Waals surface area contributed by atoms with Gasteiger partial charge in [0.05, 0.1) is 13.7 Å². The van der Waals surface area contributed by atoms with E-state index in [0.717, 1.165) is 32.2 Å². The number of amides is 3. The van der Waals surface area contributed by atoms with Gasteiger partial charge in [0.1, 0.15) is 11.3 Å². The van der Waals surface area contributed by atoms with Crippen molar-refractivity contribution in [2.75, 3.05) is 13.7 Å². The topological polar surface area (TPSA) is 75.7 Å². The van der Waals surface area contributed by atoms with Gasteiger partial charge < -0.3 is 10.1 Å². The van der Waals surface area contributed by atoms with Gasteiger partial charge in [0.2, 0.25) is 0 Å². The predicted molar refractivity (Wildman–Crippen MR) is 126 cm³/mol. The highest BCUT2D eigenvalue weighted by Gasteiger charge is 2.49. The number of hydrogen-bond acceptors (Lipinski definition) is 4. The lowest BCUT2D eigenvalue weighted by atomic mass is 9.90. The summed E-state index contributed by atoms with van der Waals surface area (Å²) < 4.78 is 5.27. The average molecular weight is 438 g/mol. The predicted octanol–water partition coefficient (Wildman–Crippen LogP) is 4.65. The van der Waals surface area contributed by atoms with E-state index in [4.69, 9.17) is 4.74 Å². The molecule has 0 aromatic heterocycles. The minimum atomic E-state index is -1.26. The number of methoxy groups -OCH3 is 1. The maximum Gasteiger partial charge on any atom is 0.325 e. The van der Waals surface area contributed by atoms with E-state index in [1.54, 1.807) is 26.2 Å². The molecule has 6 nitrogen and oxygen atoms in total. The molecule has 1 aliphatic rings. The molecule has 4 aromatic carbocycles. The highest BCUT2D eigenvalue weighted by atomic mass is 16.5. The van der Waals surface area contributed by atoms with Crippen molar-refractivity contribution in [3.63, 3.8) is 0 Å². The molecule has 0 aliphatic carbocycles. The average Bonchev–Trinajstić information content (AvgIpc) is 3.06. The summed E-state index contributed by atoms with van der Waals surface area (Å²) in [5, 5.41) is 6.39. The maximum atomic E-state index is 13.4. The third kappa shape index (κ3) is 3.40. The second-order valence-corrected chi connectivity index (χ2v) is 8.32. The van der Waals surface area contributed by atoms with Crippen LogP contribution < -0.4 is 10.1 Å². The SMILES string of the molecule is COc1ccc2cc([C@@]3(C)NC(=O)N(CC(=O)c4cccc5ccccc45)C3=O)ccc2c1. The first kappa shape index (κ1) is 20.7. The number of urea groups is 1. The number of ketones is 1. The summed E-state index contributed by atoms with van der Waals surface area (Å²) in [6, 6.07) is 23.7. The van der Waals surface area contributed by atoms with Gasteiger partial charge in [0.25, 0.3) is 5.91 Å². The summed E-state index contributed by atoms with van der Waals surface area (Å²) >= 11 is 0. The summed E-state index contributed by atoms with van der Waals surface area (Å²) in [4.78, 5) is 40.3. The Morgan fingerprint density at radius 3 is 2.45 bits per heavy atom. The highest BCUT2D eigenvalue weighted by Crippen LogP contribution is 2.32. The molecule has 164 valence electrons. The molecule has 5 rings (SSSR count). The molecule has 0 spiro atoms. The van der Waals surface area contributed by atoms with Crippen molar-refractivity contribution in [1.82, 2.24) is 10.2 Å². The Kier molecular flexibility index (Phi) is 4.86. The van der Waals surface area contributed by atoms with Gasteiger partial charge in [-0.2, -0.15) is 0 Å². The van der Waals surface area contributed by atoms with Crippen molar-refractivity contribution in [1.29, 1.82) is 0 Å². The van der Waals surface area contributed by atoms with Crippen LogP contribution in [-0.4, -0.2) is 36.3 Å². The van der Waals surface area contributed by atoms with Gasteiger partial charge in [-0.05, 0) is 52.2 Å². The van der Waals surface area contributed by atoms with E-state index in [1.165, 1.54) is 0 Å². The normalized spacial score (nSPS) is 18.1. The summed E-state index contributed by atoms with van der Waals surface area (Å²) in [7, 11) is 1.61. The van der Waals surface area contributed by atoms with Crippen molar-refractivity contribution >= 4 is 39.3 Å². The zero-order valence-corrected chi connectivity index (χ0v) is 18.3. The third-order valence-electron chi connectivity index (χ3n) is 6.29. The molecule has 1 atom stereocenters. The van der Waals surface area contributed by atoms with E-state index >= 15 is 0 Å². The molecule has 1 N–H and O–H groups in total. The van der Waals surface area contributed by atoms with Crippen LogP contribution in [0.25, 0.3) is 21.5 Å². The fourth-order valence-corrected chi connectivity index (χ4v) is 4.40. The molecule has 1 aliphatic heterocycles. The summed E-state index contributed by atoms with van der Waals surface area (Å²) in [6.07, 6.45) is 0. The summed E-state index contributed by atoms with van der Waals surface area (Å²) in [5.74, 6) is 0.00364. The molecule has 1 heterocycles. The highest BCUT2D eigenvalue weighted by molar-refractivity contribution is 6.14. The van der Waals surface area contributed by atoms with Gasteiger partial charge >= 0.3 is 6.03 Å². The second kappa shape index (κ2) is 7.74. The lowest BCUT2D eigenvalue weighted by Gasteiger charge is -2.22. The molecule has 6 heteroatoms. The Morgan fingerprint density at radius 2 is 1.64 bits per heavy atom. The van der Waals surface area contributed by atoms with E-state index in [2.05, 4.69) is 5.32 Å². The van der Waals surface area contributed by atoms with Crippen LogP contribution in [-0.2, 0) is 10.3 Å². The Bertz CT molecular complexity index is 1440. The summed E-state index contributed by atoms with van der Waals surface area (Å²) in [5.41, 5.74) is -0.120. The minimum Gasteiger partial charge on any atom is -0.497 e. The van der Waals surface area contributed by atoms with Crippen molar-refractivity contribution < 1.29 is 19.1 Å². The van der Waals surface area contributed by atoms with Crippen LogP contribution in [0.1, 0.15) is 22.8 Å². The minimum absolute atomic E-state index is 0.287. The molecule has 0 saturated carbocycles. The molecule has 1 saturated heterocycles. The molecular formula is C27H22N2O4. The number of nitrogens with one attached hydrogen (secondary N) is 1. The van der Waals surface area contributed by atoms with Gasteiger partial charge in [-0.15, -0.1) is 0 Å². The van der Waals surface area contributed by atoms with E-state index in [9.17, 15) is 14.4 Å². The van der Waals surface area contributed by atoms with Crippen LogP contribution in [0.2, 0.25) is 0 Å². The van der Waals surface area contributed by atoms with E-state index in [-0.39, 0.29) is 12.3 Å². The molecule has 33 heavy (non-hydrogen) atoms. The van der Waals surface area contributed by atoms with Crippen LogP contribution in [0.4, 0.5) is 4.79 Å². The van der Waals surface area contributed by atoms with E-state index < -0.39 is 17.5 Å². The number of imide groups is 1. The Balaban J connectivity index is 1.44. The van der Waals surface area contributed by atoms with E-state index in [1.807, 2.05) is 66.7 Å². The largest absolute Gasteiger partial charge is 0.497 e. The van der Waals surface area contributed by atoms with Crippen molar-refractivity contribution in [3.05, 3.63) is 90.0 Å². The van der Waals surface area contributed by atoms with Crippen LogP contribution in [0, 0.1) is 0 Å². The Labute approximate surface area is 190 Å². The third-order valence-corrected chi connectivity index (χ3v) is 6.29. The lowest BCUT2D eigenvalue weighted by Crippen LogP contribution is -2.41. The smallest absolute Gasteiger partial charge is 0.325 e. The first-order chi connectivity index (χ1) is 15.9. The maximum absolute atomic E-state index is 13.4. The quantitative estimate of drug-likeness (QED) is 0.364. The van der Waals surface area contributed by atoms with Crippen LogP contribution >= 0.6 is 0 Å². The zero-order chi connectivity index (χ0) is 23.2. The number of fused-ring (bicyclic) bond motifs is 2. The van der Waals surface area contributed by atoms with Gasteiger partial charge in [0.15, 0.2) is 5.78 Å². The lowest BCUT2D eigenvalue weighted by molar-refractivity contribution is -0.130. The first-order valence-corrected chi connectivity index (χ1v) is 10.6. The van der Waals surface area contributed by atoms with Crippen molar-refractivity contribution in [3.8, 4) is 5.75 Å². The monoisotopic (exact) mass is 438 g/mol. The van der Waals surface area contributed by atoms with Crippen LogP contribution in [0.5, 0.6) is 5.75 Å². The number of ether oxygens (including phenoxy) is 1. The molecule has 0 unspecified atom stereocenters.